The van der Waals surface area contributed by atoms with E-state index in [1.54, 1.807) is 11.3 Å². The fourth-order valence-electron chi connectivity index (χ4n) is 1.85. The van der Waals surface area contributed by atoms with Crippen LogP contribution in [0.3, 0.4) is 0 Å². The van der Waals surface area contributed by atoms with Gasteiger partial charge in [0.15, 0.2) is 0 Å². The van der Waals surface area contributed by atoms with Gasteiger partial charge in [0.25, 0.3) is 0 Å². The summed E-state index contributed by atoms with van der Waals surface area (Å²) in [6.07, 6.45) is 0. The number of fused-ring (bicyclic) bond motifs is 1. The molecule has 0 spiro atoms. The van der Waals surface area contributed by atoms with Crippen LogP contribution in [0.2, 0.25) is 0 Å². The topological polar surface area (TPSA) is 0 Å². The molecule has 1 aromatic heterocycles. The Hall–Kier alpha value is -1.67. The Kier molecular flexibility index (Phi) is 2.22. The van der Waals surface area contributed by atoms with Crippen LogP contribution in [0.4, 0.5) is 4.39 Å². The summed E-state index contributed by atoms with van der Waals surface area (Å²) >= 11 is 1.72. The first-order valence-corrected chi connectivity index (χ1v) is 5.95. The summed E-state index contributed by atoms with van der Waals surface area (Å²) in [5, 5.41) is 3.32. The van der Waals surface area contributed by atoms with Crippen LogP contribution in [0.25, 0.3) is 21.2 Å². The van der Waals surface area contributed by atoms with Crippen molar-refractivity contribution < 1.29 is 4.39 Å². The highest BCUT2D eigenvalue weighted by atomic mass is 32.1. The number of hydrogen-bond donors (Lipinski definition) is 0. The van der Waals surface area contributed by atoms with Gasteiger partial charge in [-0.05, 0) is 40.1 Å². The molecule has 0 N–H and O–H groups in total. The molecule has 0 aliphatic carbocycles. The molecule has 16 heavy (non-hydrogen) atoms. The Morgan fingerprint density at radius 3 is 2.50 bits per heavy atom. The Labute approximate surface area is 97.0 Å². The van der Waals surface area contributed by atoms with Gasteiger partial charge >= 0.3 is 0 Å². The van der Waals surface area contributed by atoms with Crippen LogP contribution < -0.4 is 0 Å². The zero-order valence-corrected chi connectivity index (χ0v) is 9.30. The summed E-state index contributed by atoms with van der Waals surface area (Å²) in [5.74, 6) is -0.192. The summed E-state index contributed by atoms with van der Waals surface area (Å²) in [4.78, 5) is 0. The Morgan fingerprint density at radius 1 is 0.875 bits per heavy atom. The molecule has 0 unspecified atom stereocenters. The van der Waals surface area contributed by atoms with Crippen LogP contribution in [-0.2, 0) is 0 Å². The highest BCUT2D eigenvalue weighted by molar-refractivity contribution is 7.17. The summed E-state index contributed by atoms with van der Waals surface area (Å²) < 4.78 is 14.1. The van der Waals surface area contributed by atoms with Gasteiger partial charge in [-0.3, -0.25) is 0 Å². The Bertz CT molecular complexity index is 623. The predicted molar refractivity (Wildman–Crippen MR) is 67.2 cm³/mol. The minimum atomic E-state index is -0.192. The average molecular weight is 228 g/mol. The van der Waals surface area contributed by atoms with E-state index < -0.39 is 0 Å². The summed E-state index contributed by atoms with van der Waals surface area (Å²) in [6, 6.07) is 15.0. The molecular weight excluding hydrogens is 219 g/mol. The van der Waals surface area contributed by atoms with E-state index in [1.165, 1.54) is 27.8 Å². The van der Waals surface area contributed by atoms with Crippen LogP contribution in [0.15, 0.2) is 53.9 Å². The van der Waals surface area contributed by atoms with Crippen molar-refractivity contribution in [2.24, 2.45) is 0 Å². The monoisotopic (exact) mass is 228 g/mol. The fourth-order valence-corrected chi connectivity index (χ4v) is 2.79. The third-order valence-electron chi connectivity index (χ3n) is 2.63. The fraction of sp³-hybridized carbons (Fsp3) is 0. The van der Waals surface area contributed by atoms with Crippen LogP contribution >= 0.6 is 11.3 Å². The molecule has 0 aliphatic rings. The zero-order chi connectivity index (χ0) is 11.0. The first-order chi connectivity index (χ1) is 7.84. The third kappa shape index (κ3) is 1.51. The number of benzene rings is 2. The Morgan fingerprint density at radius 2 is 1.69 bits per heavy atom. The van der Waals surface area contributed by atoms with Crippen molar-refractivity contribution in [3.8, 4) is 11.1 Å². The van der Waals surface area contributed by atoms with Crippen molar-refractivity contribution in [3.63, 3.8) is 0 Å². The first-order valence-electron chi connectivity index (χ1n) is 5.07. The van der Waals surface area contributed by atoms with Crippen molar-refractivity contribution in [1.82, 2.24) is 0 Å². The van der Waals surface area contributed by atoms with Gasteiger partial charge in [-0.2, -0.15) is 0 Å². The molecule has 0 saturated heterocycles. The van der Waals surface area contributed by atoms with Gasteiger partial charge in [-0.25, -0.2) is 4.39 Å². The van der Waals surface area contributed by atoms with Gasteiger partial charge in [0, 0.05) is 4.70 Å². The van der Waals surface area contributed by atoms with E-state index in [1.807, 2.05) is 18.2 Å². The summed E-state index contributed by atoms with van der Waals surface area (Å²) in [5.41, 5.74) is 2.24. The minimum absolute atomic E-state index is 0.192. The normalized spacial score (nSPS) is 10.8. The molecule has 2 heteroatoms. The predicted octanol–water partition coefficient (Wildman–Crippen LogP) is 4.71. The molecule has 3 rings (SSSR count). The lowest BCUT2D eigenvalue weighted by Crippen LogP contribution is -1.78. The molecule has 0 radical (unpaired) electrons. The second-order valence-electron chi connectivity index (χ2n) is 3.65. The largest absolute Gasteiger partial charge is 0.207 e. The number of rotatable bonds is 1. The standard InChI is InChI=1S/C14H9FS/c15-12-6-4-10(5-7-12)13-3-1-2-11-8-9-16-14(11)13/h1-9H. The van der Waals surface area contributed by atoms with E-state index in [0.717, 1.165) is 5.56 Å². The van der Waals surface area contributed by atoms with Crippen molar-refractivity contribution in [2.45, 2.75) is 0 Å². The van der Waals surface area contributed by atoms with Gasteiger partial charge in [-0.15, -0.1) is 11.3 Å². The van der Waals surface area contributed by atoms with E-state index in [9.17, 15) is 4.39 Å². The number of hydrogen-bond acceptors (Lipinski definition) is 1. The maximum Gasteiger partial charge on any atom is 0.123 e. The van der Waals surface area contributed by atoms with E-state index >= 15 is 0 Å². The van der Waals surface area contributed by atoms with Crippen LogP contribution in [0, 0.1) is 5.82 Å². The van der Waals surface area contributed by atoms with Gasteiger partial charge in [-0.1, -0.05) is 30.3 Å². The maximum absolute atomic E-state index is 12.9. The van der Waals surface area contributed by atoms with Gasteiger partial charge < -0.3 is 0 Å². The molecule has 0 fully saturated rings. The molecular formula is C14H9FS. The summed E-state index contributed by atoms with van der Waals surface area (Å²) in [6.45, 7) is 0. The van der Waals surface area contributed by atoms with Gasteiger partial charge in [0.1, 0.15) is 5.82 Å². The maximum atomic E-state index is 12.9. The molecule has 0 atom stereocenters. The van der Waals surface area contributed by atoms with Gasteiger partial charge in [0.05, 0.1) is 0 Å². The lowest BCUT2D eigenvalue weighted by atomic mass is 10.0. The smallest absolute Gasteiger partial charge is 0.123 e. The van der Waals surface area contributed by atoms with E-state index in [0.29, 0.717) is 0 Å². The second-order valence-corrected chi connectivity index (χ2v) is 4.57. The van der Waals surface area contributed by atoms with Crippen LogP contribution in [-0.4, -0.2) is 0 Å². The van der Waals surface area contributed by atoms with Gasteiger partial charge in [0.2, 0.25) is 0 Å². The molecule has 0 amide bonds. The van der Waals surface area contributed by atoms with Crippen molar-refractivity contribution >= 4 is 21.4 Å². The number of halogens is 1. The molecule has 1 heterocycles. The highest BCUT2D eigenvalue weighted by Crippen LogP contribution is 2.32. The van der Waals surface area contributed by atoms with E-state index in [-0.39, 0.29) is 5.82 Å². The minimum Gasteiger partial charge on any atom is -0.207 e. The van der Waals surface area contributed by atoms with Crippen LogP contribution in [0.1, 0.15) is 0 Å². The van der Waals surface area contributed by atoms with Crippen molar-refractivity contribution in [2.75, 3.05) is 0 Å². The van der Waals surface area contributed by atoms with E-state index in [2.05, 4.69) is 23.6 Å². The molecule has 0 nitrogen and oxygen atoms in total. The van der Waals surface area contributed by atoms with E-state index in [4.69, 9.17) is 0 Å². The summed E-state index contributed by atoms with van der Waals surface area (Å²) in [7, 11) is 0. The highest BCUT2D eigenvalue weighted by Gasteiger charge is 2.04. The lowest BCUT2D eigenvalue weighted by molar-refractivity contribution is 0.628. The molecule has 0 bridgehead atoms. The molecule has 3 aromatic rings. The molecule has 0 aliphatic heterocycles. The van der Waals surface area contributed by atoms with Crippen LogP contribution in [0.5, 0.6) is 0 Å². The zero-order valence-electron chi connectivity index (χ0n) is 8.48. The first kappa shape index (κ1) is 9.55. The third-order valence-corrected chi connectivity index (χ3v) is 3.60. The molecule has 78 valence electrons. The van der Waals surface area contributed by atoms with Crippen molar-refractivity contribution in [3.05, 3.63) is 59.7 Å². The second kappa shape index (κ2) is 3.72. The average Bonchev–Trinajstić information content (AvgIpc) is 2.78. The molecule has 0 saturated carbocycles. The van der Waals surface area contributed by atoms with Crippen molar-refractivity contribution in [1.29, 1.82) is 0 Å². The quantitative estimate of drug-likeness (QED) is 0.566. The number of thiophene rings is 1. The SMILES string of the molecule is Fc1ccc(-c2cccc3ccsc23)cc1. The molecule has 2 aromatic carbocycles. The Balaban J connectivity index is 2.25. The lowest BCUT2D eigenvalue weighted by Gasteiger charge is -2.03.